The van der Waals surface area contributed by atoms with Crippen molar-refractivity contribution in [2.24, 2.45) is 5.84 Å². The molecule has 8 nitrogen and oxygen atoms in total. The molecule has 0 spiro atoms. The molecular formula is C11H10FN5O3. The molecule has 0 radical (unpaired) electrons. The van der Waals surface area contributed by atoms with Crippen molar-refractivity contribution in [2.75, 3.05) is 5.43 Å². The maximum atomic E-state index is 13.5. The number of hydrogen-bond acceptors (Lipinski definition) is 7. The average molecular weight is 279 g/mol. The summed E-state index contributed by atoms with van der Waals surface area (Å²) in [6.45, 7) is 1.66. The zero-order valence-corrected chi connectivity index (χ0v) is 10.3. The summed E-state index contributed by atoms with van der Waals surface area (Å²) in [4.78, 5) is 17.4. The maximum absolute atomic E-state index is 13.5. The Hall–Kier alpha value is -2.81. The molecule has 0 aliphatic rings. The summed E-state index contributed by atoms with van der Waals surface area (Å²) >= 11 is 0. The van der Waals surface area contributed by atoms with Crippen LogP contribution in [0.15, 0.2) is 24.5 Å². The molecule has 1 aromatic heterocycles. The number of nitro groups is 1. The van der Waals surface area contributed by atoms with Crippen LogP contribution in [0.25, 0.3) is 0 Å². The number of aromatic nitrogens is 2. The molecule has 3 N–H and O–H groups in total. The fraction of sp³-hybridized carbons (Fsp3) is 0.0909. The Balaban J connectivity index is 2.31. The highest BCUT2D eigenvalue weighted by molar-refractivity contribution is 5.48. The van der Waals surface area contributed by atoms with Crippen LogP contribution >= 0.6 is 0 Å². The Morgan fingerprint density at radius 3 is 2.80 bits per heavy atom. The summed E-state index contributed by atoms with van der Waals surface area (Å²) in [5.74, 6) is 4.88. The van der Waals surface area contributed by atoms with E-state index in [9.17, 15) is 14.5 Å². The van der Waals surface area contributed by atoms with E-state index in [1.165, 1.54) is 12.4 Å². The van der Waals surface area contributed by atoms with Gasteiger partial charge in [0.2, 0.25) is 11.7 Å². The molecule has 0 saturated carbocycles. The highest BCUT2D eigenvalue weighted by Gasteiger charge is 2.15. The van der Waals surface area contributed by atoms with E-state index in [4.69, 9.17) is 10.6 Å². The largest absolute Gasteiger partial charge is 0.438 e. The molecule has 0 unspecified atom stereocenters. The first-order valence-electron chi connectivity index (χ1n) is 5.43. The van der Waals surface area contributed by atoms with Gasteiger partial charge in [0, 0.05) is 12.1 Å². The lowest BCUT2D eigenvalue weighted by atomic mass is 10.3. The first-order chi connectivity index (χ1) is 9.52. The van der Waals surface area contributed by atoms with Gasteiger partial charge in [-0.05, 0) is 13.0 Å². The van der Waals surface area contributed by atoms with Gasteiger partial charge in [0.1, 0.15) is 17.9 Å². The number of rotatable bonds is 4. The minimum atomic E-state index is -0.989. The second-order valence-electron chi connectivity index (χ2n) is 3.77. The number of nitrogens with zero attached hydrogens (tertiary/aromatic N) is 3. The predicted octanol–water partition coefficient (Wildman–Crippen LogP) is 1.91. The van der Waals surface area contributed by atoms with Gasteiger partial charge in [-0.3, -0.25) is 10.1 Å². The van der Waals surface area contributed by atoms with Crippen molar-refractivity contribution < 1.29 is 14.1 Å². The number of nitro benzene ring substituents is 1. The predicted molar refractivity (Wildman–Crippen MR) is 67.7 cm³/mol. The number of nitrogen functional groups attached to an aromatic ring is 1. The topological polar surface area (TPSA) is 116 Å². The normalized spacial score (nSPS) is 10.2. The van der Waals surface area contributed by atoms with Crippen LogP contribution < -0.4 is 16.0 Å². The van der Waals surface area contributed by atoms with Gasteiger partial charge in [-0.1, -0.05) is 0 Å². The Kier molecular flexibility index (Phi) is 3.71. The summed E-state index contributed by atoms with van der Waals surface area (Å²) in [7, 11) is 0. The van der Waals surface area contributed by atoms with Gasteiger partial charge in [0.15, 0.2) is 0 Å². The van der Waals surface area contributed by atoms with Crippen LogP contribution in [-0.4, -0.2) is 14.9 Å². The van der Waals surface area contributed by atoms with Crippen LogP contribution in [0.5, 0.6) is 11.6 Å². The third-order valence-electron chi connectivity index (χ3n) is 2.50. The summed E-state index contributed by atoms with van der Waals surface area (Å²) < 4.78 is 18.8. The average Bonchev–Trinajstić information content (AvgIpc) is 2.41. The molecule has 0 aliphatic carbocycles. The van der Waals surface area contributed by atoms with E-state index in [1.807, 2.05) is 0 Å². The molecule has 2 aromatic rings. The second kappa shape index (κ2) is 5.45. The van der Waals surface area contributed by atoms with Crippen LogP contribution in [0.1, 0.15) is 5.56 Å². The monoisotopic (exact) mass is 279 g/mol. The Morgan fingerprint density at radius 1 is 1.45 bits per heavy atom. The van der Waals surface area contributed by atoms with Gasteiger partial charge in [-0.2, -0.15) is 4.39 Å². The standard InChI is InChI=1S/C11H10FN5O3/c1-6-10(16-13)14-5-15-11(6)20-7-2-3-9(17(18)19)8(12)4-7/h2-5H,13H2,1H3,(H,14,15,16). The molecule has 2 rings (SSSR count). The lowest BCUT2D eigenvalue weighted by molar-refractivity contribution is -0.387. The number of benzene rings is 1. The van der Waals surface area contributed by atoms with Crippen molar-refractivity contribution >= 4 is 11.5 Å². The molecule has 1 heterocycles. The lowest BCUT2D eigenvalue weighted by Crippen LogP contribution is -2.11. The minimum Gasteiger partial charge on any atom is -0.438 e. The summed E-state index contributed by atoms with van der Waals surface area (Å²) in [5.41, 5.74) is 2.26. The van der Waals surface area contributed by atoms with E-state index in [2.05, 4.69) is 15.4 Å². The molecule has 0 bridgehead atoms. The Bertz CT molecular complexity index is 665. The SMILES string of the molecule is Cc1c(NN)ncnc1Oc1ccc([N+](=O)[O-])c(F)c1. The fourth-order valence-corrected chi connectivity index (χ4v) is 1.49. The zero-order valence-electron chi connectivity index (χ0n) is 10.3. The summed E-state index contributed by atoms with van der Waals surface area (Å²) in [6.07, 6.45) is 1.22. The molecule has 0 aliphatic heterocycles. The van der Waals surface area contributed by atoms with Gasteiger partial charge >= 0.3 is 5.69 Å². The van der Waals surface area contributed by atoms with E-state index >= 15 is 0 Å². The van der Waals surface area contributed by atoms with Gasteiger partial charge < -0.3 is 10.2 Å². The molecule has 1 aromatic carbocycles. The van der Waals surface area contributed by atoms with Gasteiger partial charge in [0.05, 0.1) is 10.5 Å². The molecular weight excluding hydrogens is 269 g/mol. The van der Waals surface area contributed by atoms with Crippen molar-refractivity contribution in [3.63, 3.8) is 0 Å². The van der Waals surface area contributed by atoms with Crippen molar-refractivity contribution in [1.29, 1.82) is 0 Å². The van der Waals surface area contributed by atoms with Crippen LogP contribution in [-0.2, 0) is 0 Å². The number of hydrazine groups is 1. The molecule has 0 atom stereocenters. The maximum Gasteiger partial charge on any atom is 0.305 e. The second-order valence-corrected chi connectivity index (χ2v) is 3.77. The third-order valence-corrected chi connectivity index (χ3v) is 2.50. The highest BCUT2D eigenvalue weighted by atomic mass is 19.1. The van der Waals surface area contributed by atoms with Crippen molar-refractivity contribution in [2.45, 2.75) is 6.92 Å². The molecule has 0 saturated heterocycles. The van der Waals surface area contributed by atoms with Crippen LogP contribution in [0.2, 0.25) is 0 Å². The van der Waals surface area contributed by atoms with Gasteiger partial charge in [-0.15, -0.1) is 0 Å². The van der Waals surface area contributed by atoms with Crippen LogP contribution in [0.3, 0.4) is 0 Å². The van der Waals surface area contributed by atoms with Gasteiger partial charge in [0.25, 0.3) is 0 Å². The van der Waals surface area contributed by atoms with E-state index in [0.29, 0.717) is 11.4 Å². The van der Waals surface area contributed by atoms with Crippen LogP contribution in [0, 0.1) is 22.9 Å². The molecule has 104 valence electrons. The molecule has 20 heavy (non-hydrogen) atoms. The number of ether oxygens (including phenoxy) is 1. The third kappa shape index (κ3) is 2.62. The Labute approximate surface area is 112 Å². The number of halogens is 1. The first-order valence-corrected chi connectivity index (χ1v) is 5.43. The number of anilines is 1. The zero-order chi connectivity index (χ0) is 14.7. The molecule has 0 amide bonds. The van der Waals surface area contributed by atoms with Gasteiger partial charge in [-0.25, -0.2) is 15.8 Å². The molecule has 0 fully saturated rings. The highest BCUT2D eigenvalue weighted by Crippen LogP contribution is 2.28. The van der Waals surface area contributed by atoms with Crippen molar-refractivity contribution in [1.82, 2.24) is 9.97 Å². The minimum absolute atomic E-state index is 0.0814. The van der Waals surface area contributed by atoms with E-state index < -0.39 is 16.4 Å². The first kappa shape index (κ1) is 13.6. The quantitative estimate of drug-likeness (QED) is 0.498. The molecule has 9 heteroatoms. The van der Waals surface area contributed by atoms with Crippen molar-refractivity contribution in [3.05, 3.63) is 46.0 Å². The van der Waals surface area contributed by atoms with E-state index in [1.54, 1.807) is 6.92 Å². The number of nitrogens with two attached hydrogens (primary N) is 1. The van der Waals surface area contributed by atoms with Crippen LogP contribution in [0.4, 0.5) is 15.9 Å². The number of hydrogen-bond donors (Lipinski definition) is 2. The van der Waals surface area contributed by atoms with Crippen molar-refractivity contribution in [3.8, 4) is 11.6 Å². The summed E-state index contributed by atoms with van der Waals surface area (Å²) in [5, 5.41) is 10.5. The van der Waals surface area contributed by atoms with E-state index in [0.717, 1.165) is 12.1 Å². The van der Waals surface area contributed by atoms with E-state index in [-0.39, 0.29) is 11.6 Å². The smallest absolute Gasteiger partial charge is 0.305 e. The number of nitrogens with one attached hydrogen (secondary N) is 1. The fourth-order valence-electron chi connectivity index (χ4n) is 1.49. The summed E-state index contributed by atoms with van der Waals surface area (Å²) in [6, 6.07) is 3.21. The lowest BCUT2D eigenvalue weighted by Gasteiger charge is -2.09. The Morgan fingerprint density at radius 2 is 2.20 bits per heavy atom.